The molecule has 1 aliphatic heterocycles. The van der Waals surface area contributed by atoms with Crippen molar-refractivity contribution >= 4 is 0 Å². The number of rotatable bonds is 4. The van der Waals surface area contributed by atoms with Crippen molar-refractivity contribution in [3.05, 3.63) is 35.9 Å². The average molecular weight is 202 g/mol. The predicted molar refractivity (Wildman–Crippen MR) is 64.0 cm³/mol. The summed E-state index contributed by atoms with van der Waals surface area (Å²) in [6.45, 7) is 2.21. The van der Waals surface area contributed by atoms with Gasteiger partial charge in [0.25, 0.3) is 0 Å². The van der Waals surface area contributed by atoms with Gasteiger partial charge in [0.1, 0.15) is 0 Å². The van der Waals surface area contributed by atoms with E-state index in [0.717, 1.165) is 19.0 Å². The van der Waals surface area contributed by atoms with Crippen LogP contribution in [0.2, 0.25) is 0 Å². The molecule has 1 aromatic carbocycles. The molecule has 0 unspecified atom stereocenters. The summed E-state index contributed by atoms with van der Waals surface area (Å²) in [5.41, 5.74) is 1.48. The molecule has 1 heterocycles. The fraction of sp³-hybridized carbons (Fsp3) is 0.571. The highest BCUT2D eigenvalue weighted by atomic mass is 14.9. The lowest BCUT2D eigenvalue weighted by atomic mass is 9.92. The quantitative estimate of drug-likeness (QED) is 0.712. The SMILES string of the molecule is c1ccc(CCCC2CC[N]CC2)cc1. The van der Waals surface area contributed by atoms with Crippen LogP contribution in [0.5, 0.6) is 0 Å². The van der Waals surface area contributed by atoms with Gasteiger partial charge in [0.2, 0.25) is 0 Å². The van der Waals surface area contributed by atoms with Gasteiger partial charge >= 0.3 is 0 Å². The van der Waals surface area contributed by atoms with E-state index in [0.29, 0.717) is 0 Å². The Bertz CT molecular complexity index is 262. The molecular weight excluding hydrogens is 182 g/mol. The first-order valence-corrected chi connectivity index (χ1v) is 6.12. The molecular formula is C14H20N. The van der Waals surface area contributed by atoms with Crippen molar-refractivity contribution in [1.29, 1.82) is 0 Å². The van der Waals surface area contributed by atoms with Crippen LogP contribution in [-0.4, -0.2) is 13.1 Å². The van der Waals surface area contributed by atoms with Crippen molar-refractivity contribution in [1.82, 2.24) is 5.32 Å². The lowest BCUT2D eigenvalue weighted by molar-refractivity contribution is 0.343. The molecule has 1 aromatic rings. The molecule has 15 heavy (non-hydrogen) atoms. The Balaban J connectivity index is 1.66. The Kier molecular flexibility index (Phi) is 4.22. The normalized spacial score (nSPS) is 17.9. The highest BCUT2D eigenvalue weighted by Gasteiger charge is 2.12. The van der Waals surface area contributed by atoms with Crippen LogP contribution in [0, 0.1) is 5.92 Å². The van der Waals surface area contributed by atoms with E-state index in [-0.39, 0.29) is 0 Å². The van der Waals surface area contributed by atoms with E-state index in [2.05, 4.69) is 35.6 Å². The number of piperidine rings is 1. The van der Waals surface area contributed by atoms with Gasteiger partial charge in [-0.25, -0.2) is 5.32 Å². The molecule has 1 radical (unpaired) electrons. The molecule has 1 aliphatic rings. The third kappa shape index (κ3) is 3.67. The first-order valence-electron chi connectivity index (χ1n) is 6.12. The number of hydrogen-bond acceptors (Lipinski definition) is 0. The largest absolute Gasteiger partial charge is 0.242 e. The summed E-state index contributed by atoms with van der Waals surface area (Å²) in [7, 11) is 0. The Hall–Kier alpha value is -0.820. The minimum Gasteiger partial charge on any atom is -0.242 e. The van der Waals surface area contributed by atoms with E-state index < -0.39 is 0 Å². The van der Waals surface area contributed by atoms with Crippen LogP contribution >= 0.6 is 0 Å². The van der Waals surface area contributed by atoms with E-state index in [4.69, 9.17) is 0 Å². The zero-order valence-corrected chi connectivity index (χ0v) is 9.36. The molecule has 0 N–H and O–H groups in total. The van der Waals surface area contributed by atoms with Crippen LogP contribution in [-0.2, 0) is 6.42 Å². The van der Waals surface area contributed by atoms with Crippen molar-refractivity contribution in [3.63, 3.8) is 0 Å². The summed E-state index contributed by atoms with van der Waals surface area (Å²) in [6, 6.07) is 10.8. The highest BCUT2D eigenvalue weighted by Crippen LogP contribution is 2.19. The van der Waals surface area contributed by atoms with Gasteiger partial charge in [-0.1, -0.05) is 36.8 Å². The van der Waals surface area contributed by atoms with Gasteiger partial charge in [0.15, 0.2) is 0 Å². The van der Waals surface area contributed by atoms with Crippen LogP contribution < -0.4 is 5.32 Å². The second kappa shape index (κ2) is 5.92. The van der Waals surface area contributed by atoms with E-state index in [1.165, 1.54) is 37.7 Å². The molecule has 1 nitrogen and oxygen atoms in total. The van der Waals surface area contributed by atoms with Crippen LogP contribution in [0.15, 0.2) is 30.3 Å². The van der Waals surface area contributed by atoms with Gasteiger partial charge < -0.3 is 0 Å². The van der Waals surface area contributed by atoms with E-state index in [1.807, 2.05) is 0 Å². The van der Waals surface area contributed by atoms with E-state index in [1.54, 1.807) is 0 Å². The number of benzene rings is 1. The van der Waals surface area contributed by atoms with E-state index >= 15 is 0 Å². The summed E-state index contributed by atoms with van der Waals surface area (Å²) < 4.78 is 0. The number of hydrogen-bond donors (Lipinski definition) is 0. The second-order valence-corrected chi connectivity index (χ2v) is 4.49. The second-order valence-electron chi connectivity index (χ2n) is 4.49. The van der Waals surface area contributed by atoms with Gasteiger partial charge in [0, 0.05) is 13.1 Å². The lowest BCUT2D eigenvalue weighted by Gasteiger charge is -2.21. The molecule has 0 bridgehead atoms. The molecule has 0 aliphatic carbocycles. The van der Waals surface area contributed by atoms with Gasteiger partial charge in [-0.3, -0.25) is 0 Å². The summed E-state index contributed by atoms with van der Waals surface area (Å²) in [5, 5.41) is 4.39. The zero-order valence-electron chi connectivity index (χ0n) is 9.36. The minimum atomic E-state index is 0.950. The Morgan fingerprint density at radius 2 is 1.80 bits per heavy atom. The first-order chi connectivity index (χ1) is 7.45. The summed E-state index contributed by atoms with van der Waals surface area (Å²) in [6.07, 6.45) is 6.64. The highest BCUT2D eigenvalue weighted by molar-refractivity contribution is 5.14. The Morgan fingerprint density at radius 3 is 2.53 bits per heavy atom. The molecule has 1 heteroatoms. The first kappa shape index (κ1) is 10.7. The van der Waals surface area contributed by atoms with Crippen LogP contribution in [0.1, 0.15) is 31.2 Å². The smallest absolute Gasteiger partial charge is 0.0136 e. The third-order valence-electron chi connectivity index (χ3n) is 3.31. The number of nitrogens with zero attached hydrogens (tertiary/aromatic N) is 1. The minimum absolute atomic E-state index is 0.950. The maximum absolute atomic E-state index is 4.39. The Labute approximate surface area is 92.9 Å². The fourth-order valence-corrected chi connectivity index (χ4v) is 2.33. The zero-order chi connectivity index (χ0) is 10.3. The predicted octanol–water partition coefficient (Wildman–Crippen LogP) is 3.02. The van der Waals surface area contributed by atoms with Crippen molar-refractivity contribution in [2.45, 2.75) is 32.1 Å². The van der Waals surface area contributed by atoms with Crippen molar-refractivity contribution in [2.75, 3.05) is 13.1 Å². The molecule has 0 aromatic heterocycles. The van der Waals surface area contributed by atoms with Crippen LogP contribution in [0.3, 0.4) is 0 Å². The van der Waals surface area contributed by atoms with E-state index in [9.17, 15) is 0 Å². The van der Waals surface area contributed by atoms with Gasteiger partial charge in [0.05, 0.1) is 0 Å². The maximum Gasteiger partial charge on any atom is 0.0136 e. The maximum atomic E-state index is 4.39. The van der Waals surface area contributed by atoms with Gasteiger partial charge in [-0.05, 0) is 37.2 Å². The molecule has 1 fully saturated rings. The standard InChI is InChI=1S/C14H20N/c1-2-5-13(6-3-1)7-4-8-14-9-11-15-12-10-14/h1-3,5-6,14H,4,7-12H2. The molecule has 0 atom stereocenters. The monoisotopic (exact) mass is 202 g/mol. The molecule has 0 amide bonds. The fourth-order valence-electron chi connectivity index (χ4n) is 2.33. The van der Waals surface area contributed by atoms with Crippen molar-refractivity contribution in [3.8, 4) is 0 Å². The van der Waals surface area contributed by atoms with Crippen molar-refractivity contribution in [2.24, 2.45) is 5.92 Å². The third-order valence-corrected chi connectivity index (χ3v) is 3.31. The molecule has 0 saturated carbocycles. The number of aryl methyl sites for hydroxylation is 1. The molecule has 0 spiro atoms. The topological polar surface area (TPSA) is 14.1 Å². The van der Waals surface area contributed by atoms with Crippen LogP contribution in [0.4, 0.5) is 0 Å². The summed E-state index contributed by atoms with van der Waals surface area (Å²) in [4.78, 5) is 0. The average Bonchev–Trinajstić information content (AvgIpc) is 2.32. The molecule has 1 saturated heterocycles. The summed E-state index contributed by atoms with van der Waals surface area (Å²) in [5.74, 6) is 0.950. The van der Waals surface area contributed by atoms with Gasteiger partial charge in [-0.15, -0.1) is 0 Å². The van der Waals surface area contributed by atoms with Gasteiger partial charge in [-0.2, -0.15) is 0 Å². The summed E-state index contributed by atoms with van der Waals surface area (Å²) >= 11 is 0. The lowest BCUT2D eigenvalue weighted by Crippen LogP contribution is -2.22. The van der Waals surface area contributed by atoms with Crippen molar-refractivity contribution < 1.29 is 0 Å². The molecule has 81 valence electrons. The molecule has 2 rings (SSSR count). The van der Waals surface area contributed by atoms with Crippen LogP contribution in [0.25, 0.3) is 0 Å². The Morgan fingerprint density at radius 1 is 1.07 bits per heavy atom.